The van der Waals surface area contributed by atoms with Gasteiger partial charge in [0.05, 0.1) is 25.5 Å². The second-order valence-electron chi connectivity index (χ2n) is 19.8. The summed E-state index contributed by atoms with van der Waals surface area (Å²) < 4.78 is 26.4. The number of nitrogens with zero attached hydrogens (tertiary/aromatic N) is 4. The number of hydrogen-bond donors (Lipinski definition) is 1. The van der Waals surface area contributed by atoms with Crippen LogP contribution in [0.5, 0.6) is 11.5 Å². The molecule has 0 aliphatic heterocycles. The van der Waals surface area contributed by atoms with Gasteiger partial charge in [0.2, 0.25) is 11.8 Å². The maximum atomic E-state index is 9.83. The summed E-state index contributed by atoms with van der Waals surface area (Å²) in [6.45, 7) is 9.21. The number of anilines is 4. The normalized spacial score (nSPS) is 11.7. The van der Waals surface area contributed by atoms with Gasteiger partial charge in [-0.05, 0) is 146 Å². The largest absolute Gasteiger partial charge is 0.489 e. The zero-order valence-corrected chi connectivity index (χ0v) is 43.8. The Morgan fingerprint density at radius 1 is 0.520 bits per heavy atom. The minimum atomic E-state index is 0.0407. The van der Waals surface area contributed by atoms with E-state index in [9.17, 15) is 5.11 Å². The van der Waals surface area contributed by atoms with E-state index in [4.69, 9.17) is 18.6 Å². The van der Waals surface area contributed by atoms with Gasteiger partial charge in [-0.2, -0.15) is 0 Å². The van der Waals surface area contributed by atoms with Crippen LogP contribution >= 0.6 is 15.9 Å². The molecule has 0 amide bonds. The van der Waals surface area contributed by atoms with Gasteiger partial charge in [0, 0.05) is 57.2 Å². The molecule has 0 saturated heterocycles. The number of aliphatic hydroxyl groups excluding tert-OH is 1. The van der Waals surface area contributed by atoms with Gasteiger partial charge >= 0.3 is 0 Å². The Kier molecular flexibility index (Phi) is 14.3. The Labute approximate surface area is 446 Å². The molecule has 1 heterocycles. The molecule has 0 spiro atoms. The van der Waals surface area contributed by atoms with Crippen molar-refractivity contribution in [2.45, 2.75) is 46.0 Å². The summed E-state index contributed by atoms with van der Waals surface area (Å²) in [6, 6.07) is 69.4. The van der Waals surface area contributed by atoms with Crippen molar-refractivity contribution in [1.82, 2.24) is 10.2 Å². The van der Waals surface area contributed by atoms with Crippen molar-refractivity contribution in [2.24, 2.45) is 0 Å². The second kappa shape index (κ2) is 21.8. The van der Waals surface area contributed by atoms with Crippen LogP contribution < -0.4 is 19.3 Å². The number of rotatable bonds is 19. The fourth-order valence-electron chi connectivity index (χ4n) is 9.69. The van der Waals surface area contributed by atoms with Gasteiger partial charge in [0.25, 0.3) is 0 Å². The van der Waals surface area contributed by atoms with Gasteiger partial charge < -0.3 is 33.5 Å². The number of aromatic nitrogens is 2. The monoisotopic (exact) mass is 1050 g/mol. The van der Waals surface area contributed by atoms with Gasteiger partial charge in [0.15, 0.2) is 0 Å². The molecule has 10 heteroatoms. The van der Waals surface area contributed by atoms with E-state index in [0.29, 0.717) is 62.8 Å². The number of para-hydroxylation sites is 1. The molecule has 75 heavy (non-hydrogen) atoms. The number of hydrogen-bond acceptors (Lipinski definition) is 9. The van der Waals surface area contributed by atoms with Gasteiger partial charge in [-0.25, -0.2) is 0 Å². The quantitative estimate of drug-likeness (QED) is 0.0628. The molecule has 0 atom stereocenters. The first-order chi connectivity index (χ1) is 36.6. The molecule has 1 N–H and O–H groups in total. The van der Waals surface area contributed by atoms with E-state index < -0.39 is 0 Å². The van der Waals surface area contributed by atoms with E-state index in [2.05, 4.69) is 178 Å². The fraction of sp³-hybridized carbons (Fsp3) is 0.169. The second-order valence-corrected chi connectivity index (χ2v) is 20.8. The summed E-state index contributed by atoms with van der Waals surface area (Å²) in [7, 11) is 0. The predicted molar refractivity (Wildman–Crippen MR) is 307 cm³/mol. The van der Waals surface area contributed by atoms with Crippen LogP contribution in [0.25, 0.3) is 55.2 Å². The molecule has 0 aliphatic carbocycles. The Balaban J connectivity index is 0.807. The van der Waals surface area contributed by atoms with Crippen molar-refractivity contribution >= 4 is 71.0 Å². The first kappa shape index (κ1) is 49.2. The Morgan fingerprint density at radius 2 is 1.08 bits per heavy atom. The minimum Gasteiger partial charge on any atom is -0.489 e. The summed E-state index contributed by atoms with van der Waals surface area (Å²) in [4.78, 5) is 4.46. The molecule has 10 aromatic carbocycles. The smallest absolute Gasteiger partial charge is 0.248 e. The van der Waals surface area contributed by atoms with Crippen molar-refractivity contribution in [1.29, 1.82) is 0 Å². The summed E-state index contributed by atoms with van der Waals surface area (Å²) in [6.07, 6.45) is 0. The zero-order chi connectivity index (χ0) is 51.3. The predicted octanol–water partition coefficient (Wildman–Crippen LogP) is 16.0. The third-order valence-corrected chi connectivity index (χ3v) is 14.2. The van der Waals surface area contributed by atoms with Gasteiger partial charge in [-0.15, -0.1) is 10.2 Å². The zero-order valence-electron chi connectivity index (χ0n) is 42.2. The van der Waals surface area contributed by atoms with Gasteiger partial charge in [0.1, 0.15) is 24.7 Å². The standard InChI is InChI=1S/C65H57BrN4O5/c1-65(2,3)52-24-20-51(21-25-52)64-68-67-63(75-64)50-16-12-44(13-17-50)42-73-57-38-46(41-72-37-35-69(34-36-71)54-30-26-53(66)27-31-54)39-58(40-57)74-43-45-14-28-56(29-15-45)70(55-10-5-4-6-11-55)60-33-23-49-19-18-47-8-7-9-48-22-32-59(60)62(49)61(47)48/h4-33,38-40,71H,34-37,41-43H2,1-3H3. The van der Waals surface area contributed by atoms with E-state index in [1.165, 1.54) is 37.9 Å². The lowest BCUT2D eigenvalue weighted by Crippen LogP contribution is -2.30. The van der Waals surface area contributed by atoms with E-state index >= 15 is 0 Å². The first-order valence-corrected chi connectivity index (χ1v) is 26.2. The Bertz CT molecular complexity index is 3660. The molecule has 0 aliphatic rings. The van der Waals surface area contributed by atoms with E-state index in [1.807, 2.05) is 78.9 Å². The minimum absolute atomic E-state index is 0.0407. The van der Waals surface area contributed by atoms with Crippen molar-refractivity contribution in [3.8, 4) is 34.4 Å². The molecular weight excluding hydrogens is 997 g/mol. The highest BCUT2D eigenvalue weighted by Gasteiger charge is 2.20. The number of ether oxygens (including phenoxy) is 3. The number of halogens is 1. The van der Waals surface area contributed by atoms with Crippen LogP contribution in [0.4, 0.5) is 22.7 Å². The highest BCUT2D eigenvalue weighted by atomic mass is 79.9. The fourth-order valence-corrected chi connectivity index (χ4v) is 9.96. The lowest BCUT2D eigenvalue weighted by atomic mass is 9.87. The van der Waals surface area contributed by atoms with Crippen LogP contribution in [-0.4, -0.2) is 41.6 Å². The van der Waals surface area contributed by atoms with Crippen molar-refractivity contribution in [2.75, 3.05) is 36.1 Å². The Hall–Kier alpha value is -8.02. The van der Waals surface area contributed by atoms with Gasteiger partial charge in [-0.3, -0.25) is 0 Å². The molecule has 374 valence electrons. The average molecular weight is 1050 g/mol. The van der Waals surface area contributed by atoms with E-state index in [-0.39, 0.29) is 12.0 Å². The maximum Gasteiger partial charge on any atom is 0.248 e. The Morgan fingerprint density at radius 3 is 1.71 bits per heavy atom. The molecule has 9 nitrogen and oxygen atoms in total. The van der Waals surface area contributed by atoms with Crippen molar-refractivity contribution in [3.05, 3.63) is 227 Å². The van der Waals surface area contributed by atoms with Crippen molar-refractivity contribution in [3.63, 3.8) is 0 Å². The third-order valence-electron chi connectivity index (χ3n) is 13.7. The molecule has 0 unspecified atom stereocenters. The summed E-state index contributed by atoms with van der Waals surface area (Å²) in [5, 5.41) is 26.0. The van der Waals surface area contributed by atoms with Crippen LogP contribution in [0, 0.1) is 0 Å². The van der Waals surface area contributed by atoms with E-state index in [0.717, 1.165) is 55.0 Å². The summed E-state index contributed by atoms with van der Waals surface area (Å²) in [5.74, 6) is 2.26. The number of benzene rings is 10. The highest BCUT2D eigenvalue weighted by molar-refractivity contribution is 9.10. The molecule has 0 fully saturated rings. The number of aliphatic hydroxyl groups is 1. The van der Waals surface area contributed by atoms with Crippen LogP contribution in [0.2, 0.25) is 0 Å². The SMILES string of the molecule is CC(C)(C)c1ccc(-c2nnc(-c3ccc(COc4cc(COCCN(CCO)c5ccc(Br)cc5)cc(OCc5ccc(N(c6ccccc6)c6ccc7ccc8cccc9ccc6c7c89)cc5)c4)cc3)o2)cc1. The first-order valence-electron chi connectivity index (χ1n) is 25.4. The summed E-state index contributed by atoms with van der Waals surface area (Å²) in [5.41, 5.74) is 10.2. The molecule has 0 radical (unpaired) electrons. The summed E-state index contributed by atoms with van der Waals surface area (Å²) >= 11 is 3.52. The third kappa shape index (κ3) is 11.1. The van der Waals surface area contributed by atoms with Crippen LogP contribution in [0.3, 0.4) is 0 Å². The molecule has 1 aromatic heterocycles. The highest BCUT2D eigenvalue weighted by Crippen LogP contribution is 2.44. The van der Waals surface area contributed by atoms with Crippen LogP contribution in [0.1, 0.15) is 43.0 Å². The lowest BCUT2D eigenvalue weighted by Gasteiger charge is -2.28. The molecule has 0 bridgehead atoms. The van der Waals surface area contributed by atoms with Gasteiger partial charge in [-0.1, -0.05) is 140 Å². The molecular formula is C65H57BrN4O5. The molecule has 0 saturated carbocycles. The van der Waals surface area contributed by atoms with Crippen molar-refractivity contribution < 1.29 is 23.7 Å². The van der Waals surface area contributed by atoms with E-state index in [1.54, 1.807) is 0 Å². The lowest BCUT2D eigenvalue weighted by molar-refractivity contribution is 0.125. The molecule has 11 rings (SSSR count). The topological polar surface area (TPSA) is 93.3 Å². The van der Waals surface area contributed by atoms with Crippen LogP contribution in [0.15, 0.2) is 209 Å². The maximum absolute atomic E-state index is 9.83. The van der Waals surface area contributed by atoms with Crippen LogP contribution in [-0.2, 0) is 30.0 Å². The molecule has 11 aromatic rings. The average Bonchev–Trinajstić information content (AvgIpc) is 3.94.